The van der Waals surface area contributed by atoms with Crippen molar-refractivity contribution in [3.05, 3.63) is 94.5 Å². The summed E-state index contributed by atoms with van der Waals surface area (Å²) < 4.78 is 5.79. The summed E-state index contributed by atoms with van der Waals surface area (Å²) in [5.41, 5.74) is 2.05. The highest BCUT2D eigenvalue weighted by atomic mass is 16.5. The van der Waals surface area contributed by atoms with Gasteiger partial charge in [0.15, 0.2) is 5.78 Å². The Bertz CT molecular complexity index is 1250. The molecule has 2 atom stereocenters. The first-order valence-electron chi connectivity index (χ1n) is 11.8. The lowest BCUT2D eigenvalue weighted by Gasteiger charge is -2.26. The highest BCUT2D eigenvalue weighted by molar-refractivity contribution is 6.11. The summed E-state index contributed by atoms with van der Waals surface area (Å²) in [4.78, 5) is 38.4. The first-order valence-corrected chi connectivity index (χ1v) is 11.8. The molecule has 0 radical (unpaired) electrons. The second-order valence-corrected chi connectivity index (χ2v) is 8.84. The van der Waals surface area contributed by atoms with Gasteiger partial charge in [-0.2, -0.15) is 0 Å². The average Bonchev–Trinajstić information content (AvgIpc) is 3.10. The number of hydrogen-bond acceptors (Lipinski definition) is 7. The summed E-state index contributed by atoms with van der Waals surface area (Å²) in [5.74, 6) is -1.26. The molecule has 0 aliphatic carbocycles. The first-order chi connectivity index (χ1) is 17.3. The van der Waals surface area contributed by atoms with E-state index in [2.05, 4.69) is 10.6 Å². The molecule has 8 heteroatoms. The van der Waals surface area contributed by atoms with Crippen molar-refractivity contribution >= 4 is 17.7 Å². The Kier molecular flexibility index (Phi) is 7.65. The van der Waals surface area contributed by atoms with Crippen molar-refractivity contribution in [2.24, 2.45) is 0 Å². The molecule has 36 heavy (non-hydrogen) atoms. The van der Waals surface area contributed by atoms with Gasteiger partial charge in [-0.25, -0.2) is 4.79 Å². The van der Waals surface area contributed by atoms with Crippen LogP contribution < -0.4 is 10.6 Å². The molecule has 1 heterocycles. The molecule has 186 valence electrons. The minimum atomic E-state index is -0.553. The van der Waals surface area contributed by atoms with Gasteiger partial charge in [0.2, 0.25) is 0 Å². The van der Waals surface area contributed by atoms with Gasteiger partial charge in [-0.15, -0.1) is 0 Å². The van der Waals surface area contributed by atoms with E-state index in [0.29, 0.717) is 24.1 Å². The SMILES string of the molecule is Cc1ccc(O)c(C(=O)c2ccc(C(=O)O[C@@H]3CCCNC[C@H]3NC(=O)c3ccc(O)cc3)cc2)c1. The lowest BCUT2D eigenvalue weighted by atomic mass is 9.99. The fourth-order valence-corrected chi connectivity index (χ4v) is 4.12. The van der Waals surface area contributed by atoms with Gasteiger partial charge >= 0.3 is 5.97 Å². The van der Waals surface area contributed by atoms with Crippen LogP contribution in [-0.4, -0.2) is 53.1 Å². The number of esters is 1. The highest BCUT2D eigenvalue weighted by Gasteiger charge is 2.29. The van der Waals surface area contributed by atoms with Gasteiger partial charge in [0.1, 0.15) is 17.6 Å². The molecule has 0 aromatic heterocycles. The van der Waals surface area contributed by atoms with Gasteiger partial charge in [0.05, 0.1) is 17.2 Å². The number of aryl methyl sites for hydroxylation is 1. The Morgan fingerprint density at radius 3 is 2.31 bits per heavy atom. The van der Waals surface area contributed by atoms with E-state index in [1.54, 1.807) is 12.1 Å². The zero-order valence-electron chi connectivity index (χ0n) is 19.9. The van der Waals surface area contributed by atoms with Crippen LogP contribution >= 0.6 is 0 Å². The zero-order valence-corrected chi connectivity index (χ0v) is 19.9. The van der Waals surface area contributed by atoms with Crippen molar-refractivity contribution < 1.29 is 29.3 Å². The van der Waals surface area contributed by atoms with Crippen molar-refractivity contribution in [2.45, 2.75) is 31.9 Å². The molecule has 1 saturated heterocycles. The number of phenols is 2. The molecule has 0 unspecified atom stereocenters. The fraction of sp³-hybridized carbons (Fsp3) is 0.250. The van der Waals surface area contributed by atoms with Crippen molar-refractivity contribution in [3.63, 3.8) is 0 Å². The molecule has 3 aromatic rings. The van der Waals surface area contributed by atoms with E-state index in [1.807, 2.05) is 6.92 Å². The summed E-state index contributed by atoms with van der Waals surface area (Å²) in [5, 5.41) is 25.7. The Hall–Kier alpha value is -4.17. The Morgan fingerprint density at radius 1 is 0.917 bits per heavy atom. The van der Waals surface area contributed by atoms with E-state index in [0.717, 1.165) is 18.5 Å². The molecule has 4 N–H and O–H groups in total. The molecule has 8 nitrogen and oxygen atoms in total. The molecule has 0 saturated carbocycles. The number of phenolic OH excluding ortho intramolecular Hbond substituents is 2. The largest absolute Gasteiger partial charge is 0.508 e. The normalized spacial score (nSPS) is 17.6. The van der Waals surface area contributed by atoms with Crippen LogP contribution in [0, 0.1) is 6.92 Å². The van der Waals surface area contributed by atoms with E-state index in [-0.39, 0.29) is 34.3 Å². The summed E-state index contributed by atoms with van der Waals surface area (Å²) in [6.07, 6.45) is 0.804. The molecule has 0 bridgehead atoms. The van der Waals surface area contributed by atoms with Gasteiger partial charge in [0, 0.05) is 17.7 Å². The van der Waals surface area contributed by atoms with Crippen LogP contribution in [0.1, 0.15) is 55.0 Å². The number of ketones is 1. The number of benzene rings is 3. The van der Waals surface area contributed by atoms with Crippen molar-refractivity contribution in [2.75, 3.05) is 13.1 Å². The second kappa shape index (κ2) is 11.0. The maximum absolute atomic E-state index is 12.9. The first kappa shape index (κ1) is 24.9. The van der Waals surface area contributed by atoms with Crippen LogP contribution in [0.25, 0.3) is 0 Å². The van der Waals surface area contributed by atoms with E-state index in [9.17, 15) is 24.6 Å². The van der Waals surface area contributed by atoms with E-state index >= 15 is 0 Å². The number of carbonyl (C=O) groups is 3. The quantitative estimate of drug-likeness (QED) is 0.310. The highest BCUT2D eigenvalue weighted by Crippen LogP contribution is 2.22. The summed E-state index contributed by atoms with van der Waals surface area (Å²) >= 11 is 0. The third kappa shape index (κ3) is 5.90. The molecular formula is C28H28N2O6. The molecule has 1 aliphatic rings. The predicted molar refractivity (Wildman–Crippen MR) is 133 cm³/mol. The number of carbonyl (C=O) groups excluding carboxylic acids is 3. The van der Waals surface area contributed by atoms with Gasteiger partial charge in [-0.05, 0) is 74.8 Å². The summed E-state index contributed by atoms with van der Waals surface area (Å²) in [6, 6.07) is 16.4. The number of rotatable bonds is 6. The van der Waals surface area contributed by atoms with Gasteiger partial charge in [0.25, 0.3) is 5.91 Å². The van der Waals surface area contributed by atoms with Crippen molar-refractivity contribution in [3.8, 4) is 11.5 Å². The second-order valence-electron chi connectivity index (χ2n) is 8.84. The topological polar surface area (TPSA) is 125 Å². The third-order valence-corrected chi connectivity index (χ3v) is 6.14. The monoisotopic (exact) mass is 488 g/mol. The van der Waals surface area contributed by atoms with E-state index in [1.165, 1.54) is 54.6 Å². The van der Waals surface area contributed by atoms with Crippen molar-refractivity contribution in [1.82, 2.24) is 10.6 Å². The lowest BCUT2D eigenvalue weighted by molar-refractivity contribution is 0.0192. The van der Waals surface area contributed by atoms with Gasteiger partial charge in [-0.3, -0.25) is 9.59 Å². The van der Waals surface area contributed by atoms with Crippen LogP contribution in [0.15, 0.2) is 66.7 Å². The standard InChI is InChI=1S/C28H28N2O6/c1-17-4-13-24(32)22(15-17)26(33)18-5-7-20(8-6-18)28(35)36-25-3-2-14-29-16-23(25)30-27(34)19-9-11-21(31)12-10-19/h4-13,15,23,25,29,31-32H,2-3,14,16H2,1H3,(H,30,34)/t23-,25-/m1/s1. The maximum atomic E-state index is 12.9. The van der Waals surface area contributed by atoms with Crippen LogP contribution in [0.5, 0.6) is 11.5 Å². The summed E-state index contributed by atoms with van der Waals surface area (Å²) in [7, 11) is 0. The number of aromatic hydroxyl groups is 2. The average molecular weight is 489 g/mol. The Balaban J connectivity index is 1.44. The number of nitrogens with one attached hydrogen (secondary N) is 2. The minimum Gasteiger partial charge on any atom is -0.508 e. The van der Waals surface area contributed by atoms with E-state index < -0.39 is 18.1 Å². The van der Waals surface area contributed by atoms with Crippen LogP contribution in [0.4, 0.5) is 0 Å². The molecular weight excluding hydrogens is 460 g/mol. The van der Waals surface area contributed by atoms with Gasteiger partial charge < -0.3 is 25.6 Å². The lowest BCUT2D eigenvalue weighted by Crippen LogP contribution is -2.49. The van der Waals surface area contributed by atoms with Crippen LogP contribution in [0.2, 0.25) is 0 Å². The van der Waals surface area contributed by atoms with Crippen molar-refractivity contribution in [1.29, 1.82) is 0 Å². The fourth-order valence-electron chi connectivity index (χ4n) is 4.12. The molecule has 1 aliphatic heterocycles. The van der Waals surface area contributed by atoms with Crippen LogP contribution in [0.3, 0.4) is 0 Å². The molecule has 0 spiro atoms. The Labute approximate surface area is 208 Å². The predicted octanol–water partition coefficient (Wildman–Crippen LogP) is 3.34. The van der Waals surface area contributed by atoms with E-state index in [4.69, 9.17) is 4.74 Å². The molecule has 1 fully saturated rings. The van der Waals surface area contributed by atoms with Gasteiger partial charge in [-0.1, -0.05) is 23.8 Å². The molecule has 1 amide bonds. The molecule has 4 rings (SSSR count). The van der Waals surface area contributed by atoms with Crippen LogP contribution in [-0.2, 0) is 4.74 Å². The molecule has 3 aromatic carbocycles. The maximum Gasteiger partial charge on any atom is 0.338 e. The Morgan fingerprint density at radius 2 is 1.58 bits per heavy atom. The number of ether oxygens (including phenoxy) is 1. The minimum absolute atomic E-state index is 0.0675. The number of amides is 1. The summed E-state index contributed by atoms with van der Waals surface area (Å²) in [6.45, 7) is 3.01. The number of hydrogen-bond donors (Lipinski definition) is 4. The third-order valence-electron chi connectivity index (χ3n) is 6.14. The smallest absolute Gasteiger partial charge is 0.338 e. The zero-order chi connectivity index (χ0) is 25.7.